The maximum absolute atomic E-state index is 5.62. The predicted molar refractivity (Wildman–Crippen MR) is 70.8 cm³/mol. The van der Waals surface area contributed by atoms with Crippen LogP contribution >= 0.6 is 12.4 Å². The van der Waals surface area contributed by atoms with Crippen molar-refractivity contribution in [3.63, 3.8) is 0 Å². The Morgan fingerprint density at radius 3 is 3.00 bits per heavy atom. The Labute approximate surface area is 106 Å². The van der Waals surface area contributed by atoms with E-state index < -0.39 is 0 Å². The molecule has 1 aliphatic heterocycles. The summed E-state index contributed by atoms with van der Waals surface area (Å²) in [5.74, 6) is 0. The monoisotopic (exact) mass is 253 g/mol. The van der Waals surface area contributed by atoms with Crippen molar-refractivity contribution in [2.24, 2.45) is 0 Å². The quantitative estimate of drug-likeness (QED) is 0.863. The van der Waals surface area contributed by atoms with E-state index in [4.69, 9.17) is 4.42 Å². The maximum Gasteiger partial charge on any atom is 0.295 e. The molecule has 4 nitrogen and oxygen atoms in total. The van der Waals surface area contributed by atoms with Gasteiger partial charge < -0.3 is 15.1 Å². The number of oxazole rings is 1. The summed E-state index contributed by atoms with van der Waals surface area (Å²) in [5, 5.41) is 6.69. The van der Waals surface area contributed by atoms with E-state index in [1.54, 1.807) is 0 Å². The van der Waals surface area contributed by atoms with Crippen molar-refractivity contribution in [3.8, 4) is 0 Å². The lowest BCUT2D eigenvalue weighted by Crippen LogP contribution is -2.38. The number of fused-ring (bicyclic) bond motifs is 1. The summed E-state index contributed by atoms with van der Waals surface area (Å²) >= 11 is 0. The zero-order valence-electron chi connectivity index (χ0n) is 9.48. The molecule has 1 fully saturated rings. The molecule has 1 saturated heterocycles. The number of benzene rings is 1. The van der Waals surface area contributed by atoms with Crippen molar-refractivity contribution in [3.05, 3.63) is 24.3 Å². The average Bonchev–Trinajstić information content (AvgIpc) is 2.72. The molecule has 2 heterocycles. The van der Waals surface area contributed by atoms with Crippen molar-refractivity contribution < 1.29 is 4.42 Å². The Hall–Kier alpha value is -1.26. The van der Waals surface area contributed by atoms with Crippen LogP contribution < -0.4 is 10.6 Å². The van der Waals surface area contributed by atoms with Gasteiger partial charge in [0, 0.05) is 12.6 Å². The number of anilines is 1. The van der Waals surface area contributed by atoms with Gasteiger partial charge in [-0.2, -0.15) is 4.98 Å². The molecule has 1 aromatic heterocycles. The fourth-order valence-corrected chi connectivity index (χ4v) is 2.08. The van der Waals surface area contributed by atoms with Crippen LogP contribution in [0, 0.1) is 0 Å². The predicted octanol–water partition coefficient (Wildman–Crippen LogP) is 2.41. The highest BCUT2D eigenvalue weighted by atomic mass is 35.5. The van der Waals surface area contributed by atoms with Crippen molar-refractivity contribution >= 4 is 29.5 Å². The number of halogens is 1. The first-order valence-electron chi connectivity index (χ1n) is 5.75. The van der Waals surface area contributed by atoms with E-state index in [1.165, 1.54) is 12.8 Å². The lowest BCUT2D eigenvalue weighted by Gasteiger charge is -2.22. The number of hydrogen-bond donors (Lipinski definition) is 2. The third-order valence-electron chi connectivity index (χ3n) is 2.92. The third kappa shape index (κ3) is 2.70. The van der Waals surface area contributed by atoms with Crippen molar-refractivity contribution in [1.82, 2.24) is 10.3 Å². The van der Waals surface area contributed by atoms with Crippen LogP contribution in [0.4, 0.5) is 6.01 Å². The van der Waals surface area contributed by atoms with Crippen LogP contribution in [0.5, 0.6) is 0 Å². The Bertz CT molecular complexity index is 446. The second-order valence-electron chi connectivity index (χ2n) is 4.17. The van der Waals surface area contributed by atoms with Crippen LogP contribution in [0.1, 0.15) is 12.8 Å². The molecule has 1 aromatic carbocycles. The van der Waals surface area contributed by atoms with Crippen LogP contribution in [-0.2, 0) is 0 Å². The number of nitrogens with one attached hydrogen (secondary N) is 2. The normalized spacial score (nSPS) is 19.9. The second kappa shape index (κ2) is 5.38. The van der Waals surface area contributed by atoms with Gasteiger partial charge in [0.25, 0.3) is 6.01 Å². The Kier molecular flexibility index (Phi) is 3.86. The van der Waals surface area contributed by atoms with Crippen molar-refractivity contribution in [2.45, 2.75) is 18.9 Å². The molecule has 0 radical (unpaired) electrons. The van der Waals surface area contributed by atoms with E-state index in [9.17, 15) is 0 Å². The largest absolute Gasteiger partial charge is 0.424 e. The number of para-hydroxylation sites is 2. The fraction of sp³-hybridized carbons (Fsp3) is 0.417. The molecule has 92 valence electrons. The summed E-state index contributed by atoms with van der Waals surface area (Å²) in [4.78, 5) is 4.40. The van der Waals surface area contributed by atoms with Gasteiger partial charge in [-0.3, -0.25) is 0 Å². The van der Waals surface area contributed by atoms with Crippen molar-refractivity contribution in [2.75, 3.05) is 18.4 Å². The molecule has 0 bridgehead atoms. The van der Waals surface area contributed by atoms with Gasteiger partial charge in [-0.25, -0.2) is 0 Å². The van der Waals surface area contributed by atoms with E-state index >= 15 is 0 Å². The van der Waals surface area contributed by atoms with Gasteiger partial charge in [0.2, 0.25) is 0 Å². The van der Waals surface area contributed by atoms with E-state index in [0.717, 1.165) is 24.2 Å². The third-order valence-corrected chi connectivity index (χ3v) is 2.92. The molecule has 0 amide bonds. The molecule has 0 unspecified atom stereocenters. The average molecular weight is 254 g/mol. The highest BCUT2D eigenvalue weighted by molar-refractivity contribution is 5.85. The van der Waals surface area contributed by atoms with Gasteiger partial charge >= 0.3 is 0 Å². The minimum atomic E-state index is 0. The number of aromatic nitrogens is 1. The summed E-state index contributed by atoms with van der Waals surface area (Å²) in [6.45, 7) is 2.10. The smallest absolute Gasteiger partial charge is 0.295 e. The molecule has 0 saturated carbocycles. The molecule has 3 rings (SSSR count). The first kappa shape index (κ1) is 12.2. The Morgan fingerprint density at radius 1 is 1.35 bits per heavy atom. The van der Waals surface area contributed by atoms with E-state index in [2.05, 4.69) is 15.6 Å². The molecule has 1 atom stereocenters. The van der Waals surface area contributed by atoms with E-state index in [0.29, 0.717) is 12.1 Å². The summed E-state index contributed by atoms with van der Waals surface area (Å²) in [7, 11) is 0. The lowest BCUT2D eigenvalue weighted by molar-refractivity contribution is 0.467. The topological polar surface area (TPSA) is 50.1 Å². The first-order valence-corrected chi connectivity index (χ1v) is 5.75. The SMILES string of the molecule is Cl.c1ccc2oc(N[C@H]3CCCNC3)nc2c1. The lowest BCUT2D eigenvalue weighted by atomic mass is 10.1. The molecule has 0 spiro atoms. The maximum atomic E-state index is 5.62. The molecule has 2 N–H and O–H groups in total. The number of hydrogen-bond acceptors (Lipinski definition) is 4. The highest BCUT2D eigenvalue weighted by Crippen LogP contribution is 2.19. The summed E-state index contributed by atoms with van der Waals surface area (Å²) < 4.78 is 5.62. The van der Waals surface area contributed by atoms with Crippen LogP contribution in [0.3, 0.4) is 0 Å². The molecule has 0 aliphatic carbocycles. The van der Waals surface area contributed by atoms with Gasteiger partial charge in [0.15, 0.2) is 5.58 Å². The van der Waals surface area contributed by atoms with Crippen molar-refractivity contribution in [1.29, 1.82) is 0 Å². The zero-order valence-corrected chi connectivity index (χ0v) is 10.3. The Morgan fingerprint density at radius 2 is 2.24 bits per heavy atom. The van der Waals surface area contributed by atoms with Gasteiger partial charge in [0.05, 0.1) is 0 Å². The molecule has 17 heavy (non-hydrogen) atoms. The number of nitrogens with zero attached hydrogens (tertiary/aromatic N) is 1. The van der Waals surface area contributed by atoms with Gasteiger partial charge in [-0.1, -0.05) is 12.1 Å². The van der Waals surface area contributed by atoms with Crippen LogP contribution in [0.25, 0.3) is 11.1 Å². The minimum Gasteiger partial charge on any atom is -0.424 e. The minimum absolute atomic E-state index is 0. The number of piperidine rings is 1. The highest BCUT2D eigenvalue weighted by Gasteiger charge is 2.15. The molecular formula is C12H16ClN3O. The summed E-state index contributed by atoms with van der Waals surface area (Å²) in [5.41, 5.74) is 1.75. The Balaban J connectivity index is 0.00000108. The summed E-state index contributed by atoms with van der Waals surface area (Å²) in [6.07, 6.45) is 2.38. The summed E-state index contributed by atoms with van der Waals surface area (Å²) in [6, 6.07) is 8.89. The number of rotatable bonds is 2. The van der Waals surface area contributed by atoms with Crippen LogP contribution in [-0.4, -0.2) is 24.1 Å². The van der Waals surface area contributed by atoms with Crippen LogP contribution in [0.2, 0.25) is 0 Å². The van der Waals surface area contributed by atoms with Gasteiger partial charge in [0.1, 0.15) is 5.52 Å². The van der Waals surface area contributed by atoms with E-state index in [-0.39, 0.29) is 12.4 Å². The zero-order chi connectivity index (χ0) is 10.8. The molecule has 5 heteroatoms. The molecule has 1 aliphatic rings. The molecule has 2 aromatic rings. The fourth-order valence-electron chi connectivity index (χ4n) is 2.08. The van der Waals surface area contributed by atoms with Crippen LogP contribution in [0.15, 0.2) is 28.7 Å². The van der Waals surface area contributed by atoms with Gasteiger partial charge in [-0.05, 0) is 31.5 Å². The second-order valence-corrected chi connectivity index (χ2v) is 4.17. The standard InChI is InChI=1S/C12H15N3O.ClH/c1-2-6-11-10(5-1)15-12(16-11)14-9-4-3-7-13-8-9;/h1-2,5-6,9,13H,3-4,7-8H2,(H,14,15);1H/t9-;/m0./s1. The van der Waals surface area contributed by atoms with Gasteiger partial charge in [-0.15, -0.1) is 12.4 Å². The van der Waals surface area contributed by atoms with E-state index in [1.807, 2.05) is 24.3 Å². The first-order chi connectivity index (χ1) is 7.92. The molecular weight excluding hydrogens is 238 g/mol.